The number of quaternary nitrogens is 1. The number of nitrogens with one attached hydrogen (secondary N) is 1. The topological polar surface area (TPSA) is 63.5 Å². The number of aromatic nitrogens is 1. The highest BCUT2D eigenvalue weighted by Crippen LogP contribution is 2.36. The third-order valence-electron chi connectivity index (χ3n) is 4.18. The second kappa shape index (κ2) is 3.74. The van der Waals surface area contributed by atoms with E-state index in [1.807, 2.05) is 27.7 Å². The molecule has 1 fully saturated rings. The fourth-order valence-electron chi connectivity index (χ4n) is 2.17. The summed E-state index contributed by atoms with van der Waals surface area (Å²) in [5.41, 5.74) is -0.689. The van der Waals surface area contributed by atoms with E-state index in [1.165, 1.54) is 0 Å². The predicted octanol–water partition coefficient (Wildman–Crippen LogP) is 0.681. The number of rotatable bonds is 1. The predicted molar refractivity (Wildman–Crippen MR) is 62.0 cm³/mol. The Morgan fingerprint density at radius 3 is 2.47 bits per heavy atom. The van der Waals surface area contributed by atoms with Crippen molar-refractivity contribution < 1.29 is 10.3 Å². The average molecular weight is 236 g/mol. The molecule has 0 bridgehead atoms. The second-order valence-corrected chi connectivity index (χ2v) is 5.56. The minimum absolute atomic E-state index is 0.0366. The Hall–Kier alpha value is -1.01. The molecule has 17 heavy (non-hydrogen) atoms. The number of hydroxylamine groups is 4. The van der Waals surface area contributed by atoms with Crippen LogP contribution in [0.3, 0.4) is 0 Å². The molecule has 0 amide bonds. The van der Waals surface area contributed by atoms with Gasteiger partial charge >= 0.3 is 0 Å². The van der Waals surface area contributed by atoms with Crippen LogP contribution in [0.4, 0.5) is 0 Å². The third-order valence-corrected chi connectivity index (χ3v) is 4.18. The fraction of sp³-hybridized carbons (Fsp3) is 0.583. The molecule has 2 heterocycles. The van der Waals surface area contributed by atoms with Gasteiger partial charge in [-0.25, -0.2) is 0 Å². The molecular weight excluding hydrogens is 218 g/mol. The Labute approximate surface area is 101 Å². The molecule has 1 aliphatic rings. The summed E-state index contributed by atoms with van der Waals surface area (Å²) < 4.78 is 0. The molecule has 1 aromatic rings. The van der Waals surface area contributed by atoms with Gasteiger partial charge in [0.05, 0.1) is 0 Å². The summed E-state index contributed by atoms with van der Waals surface area (Å²) in [5.74, 6) is 0. The lowest BCUT2D eigenvalue weighted by atomic mass is 9.84. The van der Waals surface area contributed by atoms with Crippen LogP contribution in [0.15, 0.2) is 24.5 Å². The summed E-state index contributed by atoms with van der Waals surface area (Å²) in [7, 11) is 0. The standard InChI is InChI=1S/C12H18N3O2/c1-11(2)12(3,4)15(17)10(14(11)16)9-6-5-7-13-8-9/h5-8,10,14H,1-4H3. The summed E-state index contributed by atoms with van der Waals surface area (Å²) in [6, 6.07) is 3.52. The Kier molecular flexibility index (Phi) is 2.74. The van der Waals surface area contributed by atoms with Gasteiger partial charge in [-0.15, -0.1) is 5.21 Å². The molecule has 0 spiro atoms. The summed E-state index contributed by atoms with van der Waals surface area (Å²) in [6.07, 6.45) is 2.49. The molecule has 1 aliphatic heterocycles. The number of pyridine rings is 1. The lowest BCUT2D eigenvalue weighted by Gasteiger charge is -2.38. The van der Waals surface area contributed by atoms with E-state index in [1.54, 1.807) is 24.5 Å². The Morgan fingerprint density at radius 2 is 2.06 bits per heavy atom. The van der Waals surface area contributed by atoms with Crippen LogP contribution in [0.1, 0.15) is 39.4 Å². The van der Waals surface area contributed by atoms with Gasteiger partial charge in [0.1, 0.15) is 11.1 Å². The first-order valence-electron chi connectivity index (χ1n) is 5.71. The highest BCUT2D eigenvalue weighted by molar-refractivity contribution is 5.15. The van der Waals surface area contributed by atoms with Crippen molar-refractivity contribution in [2.45, 2.75) is 44.9 Å². The summed E-state index contributed by atoms with van der Waals surface area (Å²) in [4.78, 5) is 3.98. The van der Waals surface area contributed by atoms with Gasteiger partial charge in [-0.1, -0.05) is 5.06 Å². The van der Waals surface area contributed by atoms with Crippen molar-refractivity contribution in [1.29, 1.82) is 0 Å². The maximum atomic E-state index is 12.4. The monoisotopic (exact) mass is 236 g/mol. The van der Waals surface area contributed by atoms with Crippen molar-refractivity contribution in [2.75, 3.05) is 0 Å². The summed E-state index contributed by atoms with van der Waals surface area (Å²) in [5, 5.41) is 25.6. The van der Waals surface area contributed by atoms with E-state index in [9.17, 15) is 10.4 Å². The van der Waals surface area contributed by atoms with Crippen LogP contribution in [0.25, 0.3) is 0 Å². The lowest BCUT2D eigenvalue weighted by molar-refractivity contribution is -0.926. The van der Waals surface area contributed by atoms with Crippen LogP contribution < -0.4 is 5.06 Å². The first kappa shape index (κ1) is 12.4. The molecule has 2 unspecified atom stereocenters. The van der Waals surface area contributed by atoms with E-state index in [0.717, 1.165) is 5.06 Å². The molecule has 0 saturated carbocycles. The van der Waals surface area contributed by atoms with E-state index >= 15 is 0 Å². The zero-order valence-corrected chi connectivity index (χ0v) is 10.6. The third kappa shape index (κ3) is 1.58. The van der Waals surface area contributed by atoms with E-state index in [-0.39, 0.29) is 5.06 Å². The van der Waals surface area contributed by atoms with Crippen molar-refractivity contribution >= 4 is 0 Å². The number of nitrogens with zero attached hydrogens (tertiary/aromatic N) is 2. The number of hydrogen-bond donors (Lipinski definition) is 1. The smallest absolute Gasteiger partial charge is 0.197 e. The molecule has 1 aromatic heterocycles. The molecule has 5 heteroatoms. The fourth-order valence-corrected chi connectivity index (χ4v) is 2.17. The molecule has 1 N–H and O–H groups in total. The normalized spacial score (nSPS) is 31.6. The van der Waals surface area contributed by atoms with Crippen molar-refractivity contribution in [1.82, 2.24) is 10.0 Å². The van der Waals surface area contributed by atoms with Gasteiger partial charge in [0.15, 0.2) is 6.17 Å². The van der Waals surface area contributed by atoms with Gasteiger partial charge < -0.3 is 10.3 Å². The van der Waals surface area contributed by atoms with Crippen LogP contribution in [0.5, 0.6) is 0 Å². The molecule has 2 atom stereocenters. The van der Waals surface area contributed by atoms with E-state index in [4.69, 9.17) is 0 Å². The molecule has 93 valence electrons. The van der Waals surface area contributed by atoms with Crippen molar-refractivity contribution in [3.05, 3.63) is 35.3 Å². The zero-order valence-electron chi connectivity index (χ0n) is 10.6. The van der Waals surface area contributed by atoms with Crippen LogP contribution in [0.2, 0.25) is 0 Å². The molecule has 1 radical (unpaired) electrons. The van der Waals surface area contributed by atoms with Crippen molar-refractivity contribution in [2.24, 2.45) is 0 Å². The van der Waals surface area contributed by atoms with E-state index in [2.05, 4.69) is 4.98 Å². The molecule has 0 aliphatic carbocycles. The summed E-state index contributed by atoms with van der Waals surface area (Å²) >= 11 is 0. The minimum atomic E-state index is -0.728. The van der Waals surface area contributed by atoms with Gasteiger partial charge in [-0.2, -0.15) is 0 Å². The zero-order chi connectivity index (χ0) is 12.8. The van der Waals surface area contributed by atoms with Crippen molar-refractivity contribution in [3.8, 4) is 0 Å². The maximum Gasteiger partial charge on any atom is 0.197 e. The lowest BCUT2D eigenvalue weighted by Crippen LogP contribution is -3.14. The molecule has 5 nitrogen and oxygen atoms in total. The van der Waals surface area contributed by atoms with E-state index < -0.39 is 17.2 Å². The first-order valence-corrected chi connectivity index (χ1v) is 5.71. The summed E-state index contributed by atoms with van der Waals surface area (Å²) in [6.45, 7) is 7.29. The Morgan fingerprint density at radius 1 is 1.41 bits per heavy atom. The largest absolute Gasteiger partial charge is 0.632 e. The highest BCUT2D eigenvalue weighted by Gasteiger charge is 2.60. The van der Waals surface area contributed by atoms with Crippen LogP contribution in [-0.4, -0.2) is 21.1 Å². The van der Waals surface area contributed by atoms with Crippen LogP contribution >= 0.6 is 0 Å². The van der Waals surface area contributed by atoms with Gasteiger partial charge in [0.25, 0.3) is 0 Å². The molecule has 2 rings (SSSR count). The maximum absolute atomic E-state index is 12.4. The minimum Gasteiger partial charge on any atom is -0.632 e. The quantitative estimate of drug-likeness (QED) is 0.729. The Balaban J connectivity index is 2.45. The van der Waals surface area contributed by atoms with Crippen LogP contribution in [0, 0.1) is 5.21 Å². The molecule has 0 aromatic carbocycles. The van der Waals surface area contributed by atoms with Gasteiger partial charge in [0, 0.05) is 18.0 Å². The van der Waals surface area contributed by atoms with Gasteiger partial charge in [-0.3, -0.25) is 4.98 Å². The molecular formula is C12H18N3O2. The van der Waals surface area contributed by atoms with E-state index in [0.29, 0.717) is 5.56 Å². The SMILES string of the molecule is CC1(C)N([O])C(c2cccnc2)[NH+]([O-])C1(C)C. The average Bonchev–Trinajstić information content (AvgIpc) is 2.40. The highest BCUT2D eigenvalue weighted by atomic mass is 16.6. The molecule has 1 saturated heterocycles. The van der Waals surface area contributed by atoms with Crippen LogP contribution in [-0.2, 0) is 5.21 Å². The second-order valence-electron chi connectivity index (χ2n) is 5.56. The van der Waals surface area contributed by atoms with Gasteiger partial charge in [-0.05, 0) is 39.8 Å². The Bertz CT molecular complexity index is 385. The van der Waals surface area contributed by atoms with Gasteiger partial charge in [0.2, 0.25) is 0 Å². The number of hydrogen-bond acceptors (Lipinski definition) is 3. The van der Waals surface area contributed by atoms with Crippen molar-refractivity contribution in [3.63, 3.8) is 0 Å². The first-order chi connectivity index (χ1) is 7.80.